The predicted molar refractivity (Wildman–Crippen MR) is 97.4 cm³/mol. The van der Waals surface area contributed by atoms with Crippen LogP contribution in [-0.2, 0) is 4.79 Å². The van der Waals surface area contributed by atoms with Gasteiger partial charge in [-0.3, -0.25) is 20.4 Å². The first-order valence-electron chi connectivity index (χ1n) is 8.31. The minimum absolute atomic E-state index is 0.281. The van der Waals surface area contributed by atoms with E-state index in [0.717, 1.165) is 11.1 Å². The van der Waals surface area contributed by atoms with Crippen molar-refractivity contribution in [2.24, 2.45) is 0 Å². The largest absolute Gasteiger partial charge is 0.481 e. The maximum atomic E-state index is 12.2. The molecule has 25 heavy (non-hydrogen) atoms. The van der Waals surface area contributed by atoms with Gasteiger partial charge >= 0.3 is 0 Å². The Morgan fingerprint density at radius 2 is 1.64 bits per heavy atom. The fraction of sp³-hybridized carbons (Fsp3) is 0.300. The van der Waals surface area contributed by atoms with E-state index in [1.54, 1.807) is 31.2 Å². The zero-order chi connectivity index (χ0) is 18.4. The van der Waals surface area contributed by atoms with Crippen molar-refractivity contribution in [1.29, 1.82) is 0 Å². The maximum absolute atomic E-state index is 12.2. The van der Waals surface area contributed by atoms with E-state index < -0.39 is 12.0 Å². The van der Waals surface area contributed by atoms with E-state index in [2.05, 4.69) is 24.7 Å². The van der Waals surface area contributed by atoms with Gasteiger partial charge in [-0.1, -0.05) is 44.2 Å². The van der Waals surface area contributed by atoms with Crippen LogP contribution in [-0.4, -0.2) is 17.9 Å². The number of hydrogen-bond acceptors (Lipinski definition) is 3. The van der Waals surface area contributed by atoms with Gasteiger partial charge in [0.25, 0.3) is 11.8 Å². The fourth-order valence-electron chi connectivity index (χ4n) is 2.35. The van der Waals surface area contributed by atoms with Crippen molar-refractivity contribution in [3.8, 4) is 5.75 Å². The van der Waals surface area contributed by atoms with E-state index in [1.807, 2.05) is 31.2 Å². The molecule has 0 aliphatic heterocycles. The summed E-state index contributed by atoms with van der Waals surface area (Å²) >= 11 is 0. The van der Waals surface area contributed by atoms with Gasteiger partial charge in [-0.15, -0.1) is 0 Å². The monoisotopic (exact) mass is 340 g/mol. The van der Waals surface area contributed by atoms with Crippen molar-refractivity contribution in [2.75, 3.05) is 0 Å². The highest BCUT2D eigenvalue weighted by atomic mass is 16.5. The molecule has 0 aliphatic carbocycles. The van der Waals surface area contributed by atoms with E-state index in [9.17, 15) is 9.59 Å². The molecular weight excluding hydrogens is 316 g/mol. The molecule has 132 valence electrons. The highest BCUT2D eigenvalue weighted by Crippen LogP contribution is 2.28. The second-order valence-corrected chi connectivity index (χ2v) is 6.27. The number of aryl methyl sites for hydroxylation is 1. The summed E-state index contributed by atoms with van der Waals surface area (Å²) in [5.41, 5.74) is 7.37. The lowest BCUT2D eigenvalue weighted by molar-refractivity contribution is -0.128. The van der Waals surface area contributed by atoms with Crippen LogP contribution >= 0.6 is 0 Å². The average Bonchev–Trinajstić information content (AvgIpc) is 2.59. The summed E-state index contributed by atoms with van der Waals surface area (Å²) in [4.78, 5) is 24.1. The van der Waals surface area contributed by atoms with Crippen molar-refractivity contribution < 1.29 is 14.3 Å². The topological polar surface area (TPSA) is 67.4 Å². The normalized spacial score (nSPS) is 11.7. The van der Waals surface area contributed by atoms with Gasteiger partial charge in [0, 0.05) is 5.56 Å². The van der Waals surface area contributed by atoms with Crippen LogP contribution < -0.4 is 15.6 Å². The number of amides is 2. The van der Waals surface area contributed by atoms with Gasteiger partial charge in [0.15, 0.2) is 6.10 Å². The third-order valence-corrected chi connectivity index (χ3v) is 3.80. The molecule has 1 unspecified atom stereocenters. The van der Waals surface area contributed by atoms with Gasteiger partial charge < -0.3 is 4.74 Å². The third kappa shape index (κ3) is 5.08. The molecule has 0 aliphatic rings. The lowest BCUT2D eigenvalue weighted by Crippen LogP contribution is -2.47. The molecule has 0 aromatic heterocycles. The van der Waals surface area contributed by atoms with Gasteiger partial charge in [0.1, 0.15) is 5.75 Å². The van der Waals surface area contributed by atoms with Crippen LogP contribution in [0.25, 0.3) is 0 Å². The van der Waals surface area contributed by atoms with Crippen LogP contribution in [0.2, 0.25) is 0 Å². The number of hydrogen-bond donors (Lipinski definition) is 2. The molecule has 5 nitrogen and oxygen atoms in total. The summed E-state index contributed by atoms with van der Waals surface area (Å²) in [7, 11) is 0. The summed E-state index contributed by atoms with van der Waals surface area (Å²) in [6.07, 6.45) is -0.740. The molecule has 0 fully saturated rings. The highest BCUT2D eigenvalue weighted by Gasteiger charge is 2.18. The summed E-state index contributed by atoms with van der Waals surface area (Å²) in [6, 6.07) is 14.6. The van der Waals surface area contributed by atoms with Crippen LogP contribution in [0.5, 0.6) is 5.75 Å². The first kappa shape index (κ1) is 18.5. The molecule has 2 aromatic rings. The molecule has 2 aromatic carbocycles. The van der Waals surface area contributed by atoms with Crippen molar-refractivity contribution in [1.82, 2.24) is 10.9 Å². The SMILES string of the molecule is Cc1ccc(C(C)C)c(OC(C)C(=O)NNC(=O)c2ccccc2)c1. The van der Waals surface area contributed by atoms with Crippen LogP contribution in [0.3, 0.4) is 0 Å². The molecule has 0 spiro atoms. The predicted octanol–water partition coefficient (Wildman–Crippen LogP) is 3.35. The zero-order valence-electron chi connectivity index (χ0n) is 15.0. The fourth-order valence-corrected chi connectivity index (χ4v) is 2.35. The van der Waals surface area contributed by atoms with Crippen LogP contribution in [0.1, 0.15) is 48.2 Å². The molecule has 2 N–H and O–H groups in total. The van der Waals surface area contributed by atoms with E-state index in [4.69, 9.17) is 4.74 Å². The van der Waals surface area contributed by atoms with E-state index in [0.29, 0.717) is 11.3 Å². The van der Waals surface area contributed by atoms with Gasteiger partial charge in [0.05, 0.1) is 0 Å². The van der Waals surface area contributed by atoms with Crippen LogP contribution in [0.4, 0.5) is 0 Å². The van der Waals surface area contributed by atoms with Gasteiger partial charge in [-0.2, -0.15) is 0 Å². The maximum Gasteiger partial charge on any atom is 0.279 e. The minimum Gasteiger partial charge on any atom is -0.481 e. The number of hydrazine groups is 1. The standard InChI is InChI=1S/C20H24N2O3/c1-13(2)17-11-10-14(3)12-18(17)25-15(4)19(23)21-22-20(24)16-8-6-5-7-9-16/h5-13,15H,1-4H3,(H,21,23)(H,22,24). The first-order chi connectivity index (χ1) is 11.9. The van der Waals surface area contributed by atoms with Gasteiger partial charge in [0.2, 0.25) is 0 Å². The van der Waals surface area contributed by atoms with Crippen molar-refractivity contribution in [2.45, 2.75) is 39.7 Å². The molecule has 0 heterocycles. The Morgan fingerprint density at radius 1 is 0.960 bits per heavy atom. The van der Waals surface area contributed by atoms with Gasteiger partial charge in [-0.25, -0.2) is 0 Å². The molecule has 0 radical (unpaired) electrons. The smallest absolute Gasteiger partial charge is 0.279 e. The second kappa shape index (κ2) is 8.33. The second-order valence-electron chi connectivity index (χ2n) is 6.27. The number of carbonyl (C=O) groups is 2. The number of ether oxygens (including phenoxy) is 1. The molecule has 2 amide bonds. The van der Waals surface area contributed by atoms with Crippen molar-refractivity contribution in [3.63, 3.8) is 0 Å². The first-order valence-corrected chi connectivity index (χ1v) is 8.31. The molecule has 0 saturated carbocycles. The quantitative estimate of drug-likeness (QED) is 0.820. The zero-order valence-corrected chi connectivity index (χ0v) is 15.0. The molecule has 0 saturated heterocycles. The van der Waals surface area contributed by atoms with Gasteiger partial charge in [-0.05, 0) is 49.1 Å². The van der Waals surface area contributed by atoms with Crippen LogP contribution in [0, 0.1) is 6.92 Å². The summed E-state index contributed by atoms with van der Waals surface area (Å²) in [5, 5.41) is 0. The Balaban J connectivity index is 1.97. The van der Waals surface area contributed by atoms with E-state index in [-0.39, 0.29) is 11.8 Å². The van der Waals surface area contributed by atoms with E-state index in [1.165, 1.54) is 0 Å². The Kier molecular flexibility index (Phi) is 6.17. The lowest BCUT2D eigenvalue weighted by atomic mass is 10.0. The Morgan fingerprint density at radius 3 is 2.28 bits per heavy atom. The number of benzene rings is 2. The number of rotatable bonds is 5. The number of carbonyl (C=O) groups excluding carboxylic acids is 2. The minimum atomic E-state index is -0.740. The summed E-state index contributed by atoms with van der Waals surface area (Å²) in [6.45, 7) is 7.77. The number of nitrogens with one attached hydrogen (secondary N) is 2. The Labute approximate surface area is 148 Å². The lowest BCUT2D eigenvalue weighted by Gasteiger charge is -2.19. The molecule has 0 bridgehead atoms. The Hall–Kier alpha value is -2.82. The summed E-state index contributed by atoms with van der Waals surface area (Å²) < 4.78 is 5.82. The van der Waals surface area contributed by atoms with Crippen molar-refractivity contribution in [3.05, 3.63) is 65.2 Å². The highest BCUT2D eigenvalue weighted by molar-refractivity contribution is 5.95. The summed E-state index contributed by atoms with van der Waals surface area (Å²) in [5.74, 6) is 0.177. The van der Waals surface area contributed by atoms with Crippen LogP contribution in [0.15, 0.2) is 48.5 Å². The Bertz CT molecular complexity index is 742. The molecule has 1 atom stereocenters. The third-order valence-electron chi connectivity index (χ3n) is 3.80. The van der Waals surface area contributed by atoms with E-state index >= 15 is 0 Å². The van der Waals surface area contributed by atoms with Crippen molar-refractivity contribution >= 4 is 11.8 Å². The molecule has 2 rings (SSSR count). The molecular formula is C20H24N2O3. The average molecular weight is 340 g/mol. The molecule has 5 heteroatoms.